The second-order valence-corrected chi connectivity index (χ2v) is 4.66. The van der Waals surface area contributed by atoms with Crippen LogP contribution in [0.3, 0.4) is 0 Å². The van der Waals surface area contributed by atoms with E-state index in [4.69, 9.17) is 21.6 Å². The molecule has 0 radical (unpaired) electrons. The number of halogens is 1. The molecular weight excluding hydrogens is 276 g/mol. The fourth-order valence-corrected chi connectivity index (χ4v) is 1.89. The van der Waals surface area contributed by atoms with Crippen molar-refractivity contribution in [1.29, 1.82) is 5.26 Å². The fourth-order valence-electron chi connectivity index (χ4n) is 1.73. The monoisotopic (exact) mass is 288 g/mol. The Morgan fingerprint density at radius 3 is 2.65 bits per heavy atom. The van der Waals surface area contributed by atoms with Crippen LogP contribution in [0.25, 0.3) is 0 Å². The Balaban J connectivity index is 2.42. The molecule has 1 aromatic heterocycles. The Labute approximate surface area is 122 Å². The highest BCUT2D eigenvalue weighted by molar-refractivity contribution is 6.31. The van der Waals surface area contributed by atoms with Crippen LogP contribution in [-0.2, 0) is 0 Å². The average Bonchev–Trinajstić information content (AvgIpc) is 2.42. The topological polar surface area (TPSA) is 70.8 Å². The Morgan fingerprint density at radius 1 is 1.25 bits per heavy atom. The van der Waals surface area contributed by atoms with Gasteiger partial charge in [0.15, 0.2) is 0 Å². The number of nitriles is 1. The minimum atomic E-state index is 0.310. The smallest absolute Gasteiger partial charge is 0.228 e. The lowest BCUT2D eigenvalue weighted by atomic mass is 10.2. The maximum absolute atomic E-state index is 8.92. The molecule has 20 heavy (non-hydrogen) atoms. The zero-order valence-electron chi connectivity index (χ0n) is 11.4. The highest BCUT2D eigenvalue weighted by Crippen LogP contribution is 2.32. The molecule has 0 bridgehead atoms. The van der Waals surface area contributed by atoms with Gasteiger partial charge in [0.25, 0.3) is 0 Å². The predicted molar refractivity (Wildman–Crippen MR) is 77.5 cm³/mol. The Bertz CT molecular complexity index is 694. The van der Waals surface area contributed by atoms with Crippen molar-refractivity contribution in [3.05, 3.63) is 40.2 Å². The summed E-state index contributed by atoms with van der Waals surface area (Å²) in [6.07, 6.45) is 0. The lowest BCUT2D eigenvalue weighted by Gasteiger charge is -2.12. The van der Waals surface area contributed by atoms with Crippen molar-refractivity contribution in [3.63, 3.8) is 0 Å². The first-order chi connectivity index (χ1) is 9.53. The quantitative estimate of drug-likeness (QED) is 0.937. The van der Waals surface area contributed by atoms with Crippen LogP contribution in [0.5, 0.6) is 5.75 Å². The first kappa shape index (κ1) is 14.1. The third-order valence-corrected chi connectivity index (χ3v) is 3.10. The molecule has 0 fully saturated rings. The van der Waals surface area contributed by atoms with E-state index >= 15 is 0 Å². The fraction of sp³-hybridized carbons (Fsp3) is 0.214. The van der Waals surface area contributed by atoms with Crippen molar-refractivity contribution in [2.24, 2.45) is 0 Å². The van der Waals surface area contributed by atoms with Gasteiger partial charge < -0.3 is 10.1 Å². The maximum Gasteiger partial charge on any atom is 0.228 e. The zero-order chi connectivity index (χ0) is 14.7. The van der Waals surface area contributed by atoms with E-state index in [9.17, 15) is 0 Å². The zero-order valence-corrected chi connectivity index (χ0v) is 12.1. The van der Waals surface area contributed by atoms with E-state index in [1.54, 1.807) is 26.2 Å². The number of aryl methyl sites for hydroxylation is 2. The van der Waals surface area contributed by atoms with Gasteiger partial charge in [-0.3, -0.25) is 0 Å². The largest absolute Gasteiger partial charge is 0.495 e. The molecular formula is C14H13ClN4O. The van der Waals surface area contributed by atoms with Crippen molar-refractivity contribution >= 4 is 23.2 Å². The van der Waals surface area contributed by atoms with Gasteiger partial charge >= 0.3 is 0 Å². The second-order valence-electron chi connectivity index (χ2n) is 4.26. The molecule has 0 unspecified atom stereocenters. The number of anilines is 2. The summed E-state index contributed by atoms with van der Waals surface area (Å²) in [5.41, 5.74) is 2.63. The highest BCUT2D eigenvalue weighted by atomic mass is 35.5. The molecule has 1 aromatic carbocycles. The standard InChI is InChI=1S/C14H13ClN4O/c1-8-4-12(13(20-3)6-11(8)15)19-14-17-9(2)5-10(7-16)18-14/h4-6H,1-3H3,(H,17,18,19). The van der Waals surface area contributed by atoms with Crippen LogP contribution in [0.15, 0.2) is 18.2 Å². The maximum atomic E-state index is 8.92. The summed E-state index contributed by atoms with van der Waals surface area (Å²) < 4.78 is 5.27. The summed E-state index contributed by atoms with van der Waals surface area (Å²) in [7, 11) is 1.56. The molecule has 0 atom stereocenters. The molecule has 5 nitrogen and oxygen atoms in total. The van der Waals surface area contributed by atoms with Gasteiger partial charge in [-0.25, -0.2) is 9.97 Å². The SMILES string of the molecule is COc1cc(Cl)c(C)cc1Nc1nc(C)cc(C#N)n1. The lowest BCUT2D eigenvalue weighted by molar-refractivity contribution is 0.416. The molecule has 1 heterocycles. The molecule has 102 valence electrons. The van der Waals surface area contributed by atoms with E-state index in [1.807, 2.05) is 19.1 Å². The van der Waals surface area contributed by atoms with Gasteiger partial charge in [0.1, 0.15) is 17.5 Å². The number of hydrogen-bond acceptors (Lipinski definition) is 5. The van der Waals surface area contributed by atoms with Crippen LogP contribution >= 0.6 is 11.6 Å². The van der Waals surface area contributed by atoms with E-state index in [1.165, 1.54) is 0 Å². The molecule has 0 saturated carbocycles. The molecule has 0 aliphatic carbocycles. The van der Waals surface area contributed by atoms with E-state index in [2.05, 4.69) is 15.3 Å². The van der Waals surface area contributed by atoms with E-state index in [0.29, 0.717) is 33.8 Å². The lowest BCUT2D eigenvalue weighted by Crippen LogP contribution is -2.02. The van der Waals surface area contributed by atoms with Crippen LogP contribution in [-0.4, -0.2) is 17.1 Å². The van der Waals surface area contributed by atoms with Gasteiger partial charge in [-0.05, 0) is 31.5 Å². The number of nitrogens with zero attached hydrogens (tertiary/aromatic N) is 3. The minimum absolute atomic E-state index is 0.310. The molecule has 0 aliphatic heterocycles. The van der Waals surface area contributed by atoms with Crippen LogP contribution in [0.4, 0.5) is 11.6 Å². The molecule has 0 aliphatic rings. The molecule has 2 rings (SSSR count). The van der Waals surface area contributed by atoms with Gasteiger partial charge in [0.05, 0.1) is 12.8 Å². The average molecular weight is 289 g/mol. The van der Waals surface area contributed by atoms with Crippen molar-refractivity contribution < 1.29 is 4.74 Å². The van der Waals surface area contributed by atoms with Gasteiger partial charge in [-0.1, -0.05) is 11.6 Å². The van der Waals surface area contributed by atoms with E-state index in [-0.39, 0.29) is 0 Å². The van der Waals surface area contributed by atoms with Crippen molar-refractivity contribution in [2.75, 3.05) is 12.4 Å². The Kier molecular flexibility index (Phi) is 4.06. The number of rotatable bonds is 3. The van der Waals surface area contributed by atoms with Crippen molar-refractivity contribution in [2.45, 2.75) is 13.8 Å². The Morgan fingerprint density at radius 2 is 2.00 bits per heavy atom. The summed E-state index contributed by atoms with van der Waals surface area (Å²) in [5, 5.41) is 12.6. The van der Waals surface area contributed by atoms with Crippen LogP contribution in [0.2, 0.25) is 5.02 Å². The highest BCUT2D eigenvalue weighted by Gasteiger charge is 2.09. The molecule has 2 aromatic rings. The van der Waals surface area contributed by atoms with Crippen LogP contribution in [0, 0.1) is 25.2 Å². The van der Waals surface area contributed by atoms with Gasteiger partial charge in [0.2, 0.25) is 5.95 Å². The van der Waals surface area contributed by atoms with Gasteiger partial charge in [0, 0.05) is 16.8 Å². The second kappa shape index (κ2) is 5.76. The summed E-state index contributed by atoms with van der Waals surface area (Å²) >= 11 is 6.06. The number of methoxy groups -OCH3 is 1. The van der Waals surface area contributed by atoms with Crippen molar-refractivity contribution in [3.8, 4) is 11.8 Å². The first-order valence-electron chi connectivity index (χ1n) is 5.90. The van der Waals surface area contributed by atoms with Gasteiger partial charge in [-0.2, -0.15) is 5.26 Å². The predicted octanol–water partition coefficient (Wildman–Crippen LogP) is 3.37. The molecule has 1 N–H and O–H groups in total. The summed E-state index contributed by atoms with van der Waals surface area (Å²) in [6.45, 7) is 3.70. The number of hydrogen-bond donors (Lipinski definition) is 1. The van der Waals surface area contributed by atoms with Gasteiger partial charge in [-0.15, -0.1) is 0 Å². The van der Waals surface area contributed by atoms with Crippen LogP contribution in [0.1, 0.15) is 17.0 Å². The summed E-state index contributed by atoms with van der Waals surface area (Å²) in [5.74, 6) is 0.936. The number of ether oxygens (including phenoxy) is 1. The molecule has 0 amide bonds. The first-order valence-corrected chi connectivity index (χ1v) is 6.28. The molecule has 0 spiro atoms. The third-order valence-electron chi connectivity index (χ3n) is 2.70. The van der Waals surface area contributed by atoms with Crippen molar-refractivity contribution in [1.82, 2.24) is 9.97 Å². The van der Waals surface area contributed by atoms with E-state index < -0.39 is 0 Å². The third kappa shape index (κ3) is 2.98. The number of benzene rings is 1. The van der Waals surface area contributed by atoms with Crippen LogP contribution < -0.4 is 10.1 Å². The normalized spacial score (nSPS) is 9.95. The molecule has 6 heteroatoms. The molecule has 0 saturated heterocycles. The number of nitrogens with one attached hydrogen (secondary N) is 1. The number of aromatic nitrogens is 2. The summed E-state index contributed by atoms with van der Waals surface area (Å²) in [4.78, 5) is 8.35. The Hall–Kier alpha value is -2.32. The summed E-state index contributed by atoms with van der Waals surface area (Å²) in [6, 6.07) is 7.19. The minimum Gasteiger partial charge on any atom is -0.495 e. The van der Waals surface area contributed by atoms with E-state index in [0.717, 1.165) is 5.56 Å².